The molecule has 1 saturated heterocycles. The summed E-state index contributed by atoms with van der Waals surface area (Å²) >= 11 is 0. The number of carbonyl (C=O) groups is 1. The summed E-state index contributed by atoms with van der Waals surface area (Å²) in [5.74, 6) is 0.163. The van der Waals surface area contributed by atoms with Crippen LogP contribution < -0.4 is 10.6 Å². The molecule has 0 unspecified atom stereocenters. The molecule has 1 aliphatic heterocycles. The maximum atomic E-state index is 13.5. The van der Waals surface area contributed by atoms with Crippen LogP contribution in [0.25, 0.3) is 11.3 Å². The summed E-state index contributed by atoms with van der Waals surface area (Å²) in [5, 5.41) is 6.23. The maximum Gasteiger partial charge on any atom is 0.251 e. The topological polar surface area (TPSA) is 70.2 Å². The van der Waals surface area contributed by atoms with Crippen LogP contribution in [0.3, 0.4) is 0 Å². The van der Waals surface area contributed by atoms with Gasteiger partial charge in [0.15, 0.2) is 0 Å². The quantitative estimate of drug-likeness (QED) is 0.475. The largest absolute Gasteiger partial charge is 0.352 e. The average Bonchev–Trinajstić information content (AvgIpc) is 2.83. The molecule has 2 aromatic carbocycles. The van der Waals surface area contributed by atoms with E-state index in [2.05, 4.69) is 32.4 Å². The van der Waals surface area contributed by atoms with E-state index in [0.717, 1.165) is 25.2 Å². The van der Waals surface area contributed by atoms with Gasteiger partial charge in [-0.25, -0.2) is 14.4 Å². The molecule has 172 valence electrons. The Kier molecular flexibility index (Phi) is 7.62. The van der Waals surface area contributed by atoms with Crippen molar-refractivity contribution in [2.75, 3.05) is 25.0 Å². The number of nitrogens with one attached hydrogen (secondary N) is 2. The van der Waals surface area contributed by atoms with Gasteiger partial charge in [-0.3, -0.25) is 4.79 Å². The number of hydrogen-bond donors (Lipinski definition) is 2. The molecule has 1 aliphatic rings. The predicted octanol–water partition coefficient (Wildman–Crippen LogP) is 5.02. The number of benzene rings is 2. The van der Waals surface area contributed by atoms with Gasteiger partial charge < -0.3 is 15.5 Å². The molecule has 1 amide bonds. The highest BCUT2D eigenvalue weighted by Gasteiger charge is 2.17. The van der Waals surface area contributed by atoms with Gasteiger partial charge in [0.2, 0.25) is 0 Å². The Morgan fingerprint density at radius 2 is 2.00 bits per heavy atom. The van der Waals surface area contributed by atoms with Crippen molar-refractivity contribution < 1.29 is 9.18 Å². The summed E-state index contributed by atoms with van der Waals surface area (Å²) in [6, 6.07) is 16.0. The Morgan fingerprint density at radius 1 is 1.12 bits per heavy atom. The number of nitrogens with zero attached hydrogens (tertiary/aromatic N) is 3. The first-order valence-corrected chi connectivity index (χ1v) is 11.6. The fourth-order valence-electron chi connectivity index (χ4n) is 4.19. The van der Waals surface area contributed by atoms with Crippen LogP contribution in [0.2, 0.25) is 0 Å². The van der Waals surface area contributed by atoms with E-state index in [0.29, 0.717) is 35.2 Å². The van der Waals surface area contributed by atoms with Crippen LogP contribution in [0.1, 0.15) is 43.0 Å². The first-order valence-electron chi connectivity index (χ1n) is 11.6. The summed E-state index contributed by atoms with van der Waals surface area (Å²) in [7, 11) is 0. The Hall–Kier alpha value is -3.32. The Morgan fingerprint density at radius 3 is 2.85 bits per heavy atom. The normalized spacial score (nSPS) is 16.4. The number of halogens is 1. The van der Waals surface area contributed by atoms with E-state index in [-0.39, 0.29) is 11.7 Å². The van der Waals surface area contributed by atoms with Gasteiger partial charge in [-0.2, -0.15) is 0 Å². The molecule has 0 aliphatic carbocycles. The lowest BCUT2D eigenvalue weighted by Crippen LogP contribution is -2.39. The molecule has 1 atom stereocenters. The van der Waals surface area contributed by atoms with Gasteiger partial charge >= 0.3 is 0 Å². The highest BCUT2D eigenvalue weighted by molar-refractivity contribution is 5.95. The predicted molar refractivity (Wildman–Crippen MR) is 129 cm³/mol. The van der Waals surface area contributed by atoms with E-state index in [4.69, 9.17) is 0 Å². The van der Waals surface area contributed by atoms with Crippen LogP contribution >= 0.6 is 0 Å². The van der Waals surface area contributed by atoms with E-state index in [9.17, 15) is 9.18 Å². The molecule has 6 nitrogen and oxygen atoms in total. The molecule has 4 rings (SSSR count). The zero-order valence-corrected chi connectivity index (χ0v) is 18.9. The molecule has 3 aromatic rings. The van der Waals surface area contributed by atoms with Crippen molar-refractivity contribution in [2.24, 2.45) is 0 Å². The second-order valence-electron chi connectivity index (χ2n) is 8.49. The van der Waals surface area contributed by atoms with E-state index < -0.39 is 0 Å². The summed E-state index contributed by atoms with van der Waals surface area (Å²) in [5.41, 5.74) is 2.62. The molecule has 2 N–H and O–H groups in total. The third kappa shape index (κ3) is 6.35. The van der Waals surface area contributed by atoms with Crippen LogP contribution in [-0.4, -0.2) is 46.5 Å². The first-order chi connectivity index (χ1) is 16.1. The molecule has 1 aromatic heterocycles. The Balaban J connectivity index is 1.33. The molecule has 2 heterocycles. The lowest BCUT2D eigenvalue weighted by molar-refractivity contribution is 0.0949. The molecule has 1 fully saturated rings. The van der Waals surface area contributed by atoms with E-state index >= 15 is 0 Å². The van der Waals surface area contributed by atoms with Crippen molar-refractivity contribution in [2.45, 2.75) is 38.6 Å². The van der Waals surface area contributed by atoms with Crippen LogP contribution in [0, 0.1) is 5.82 Å². The number of aromatic nitrogens is 2. The number of anilines is 2. The van der Waals surface area contributed by atoms with Crippen molar-refractivity contribution >= 4 is 17.4 Å². The minimum Gasteiger partial charge on any atom is -0.352 e. The average molecular weight is 448 g/mol. The fourth-order valence-corrected chi connectivity index (χ4v) is 4.19. The van der Waals surface area contributed by atoms with Crippen LogP contribution in [0.5, 0.6) is 0 Å². The van der Waals surface area contributed by atoms with Crippen LogP contribution in [0.15, 0.2) is 60.9 Å². The molecule has 0 spiro atoms. The highest BCUT2D eigenvalue weighted by Crippen LogP contribution is 2.22. The van der Waals surface area contributed by atoms with Gasteiger partial charge in [-0.15, -0.1) is 0 Å². The zero-order chi connectivity index (χ0) is 23.0. The fraction of sp³-hybridized carbons (Fsp3) is 0.346. The molecule has 0 radical (unpaired) electrons. The third-order valence-corrected chi connectivity index (χ3v) is 6.03. The SMILES string of the molecule is C[C@@H]1CCCCN1CCCNC(=O)c1cccc(Nc2cc(-c3cccc(F)c3)ncn2)c1. The lowest BCUT2D eigenvalue weighted by atomic mass is 10.0. The van der Waals surface area contributed by atoms with Gasteiger partial charge in [-0.05, 0) is 63.1 Å². The smallest absolute Gasteiger partial charge is 0.251 e. The molecular formula is C26H30FN5O. The first kappa shape index (κ1) is 22.9. The molecular weight excluding hydrogens is 417 g/mol. The van der Waals surface area contributed by atoms with Gasteiger partial charge in [0.1, 0.15) is 18.0 Å². The highest BCUT2D eigenvalue weighted by atomic mass is 19.1. The third-order valence-electron chi connectivity index (χ3n) is 6.03. The lowest BCUT2D eigenvalue weighted by Gasteiger charge is -2.33. The Bertz CT molecular complexity index is 1090. The number of rotatable bonds is 8. The maximum absolute atomic E-state index is 13.5. The standard InChI is InChI=1S/C26H30FN5O/c1-19-7-2-3-13-32(19)14-6-12-28-26(33)21-9-5-11-23(16-21)31-25-17-24(29-18-30-25)20-8-4-10-22(27)15-20/h4-5,8-11,15-19H,2-3,6-7,12-14H2,1H3,(H,28,33)(H,29,30,31)/t19-/m1/s1. The van der Waals surface area contributed by atoms with Crippen molar-refractivity contribution in [1.29, 1.82) is 0 Å². The van der Waals surface area contributed by atoms with Crippen molar-refractivity contribution in [3.63, 3.8) is 0 Å². The number of likely N-dealkylation sites (tertiary alicyclic amines) is 1. The van der Waals surface area contributed by atoms with Crippen LogP contribution in [-0.2, 0) is 0 Å². The zero-order valence-electron chi connectivity index (χ0n) is 18.9. The van der Waals surface area contributed by atoms with Gasteiger partial charge in [-0.1, -0.05) is 24.6 Å². The summed E-state index contributed by atoms with van der Waals surface area (Å²) < 4.78 is 13.5. The van der Waals surface area contributed by atoms with E-state index in [1.807, 2.05) is 12.1 Å². The van der Waals surface area contributed by atoms with Gasteiger partial charge in [0, 0.05) is 42.0 Å². The molecule has 7 heteroatoms. The summed E-state index contributed by atoms with van der Waals surface area (Å²) in [4.78, 5) is 23.6. The number of piperidine rings is 1. The van der Waals surface area contributed by atoms with Crippen LogP contribution in [0.4, 0.5) is 15.9 Å². The second kappa shape index (κ2) is 11.0. The number of hydrogen-bond acceptors (Lipinski definition) is 5. The van der Waals surface area contributed by atoms with Crippen molar-refractivity contribution in [3.8, 4) is 11.3 Å². The number of amides is 1. The van der Waals surface area contributed by atoms with Gasteiger partial charge in [0.05, 0.1) is 5.69 Å². The summed E-state index contributed by atoms with van der Waals surface area (Å²) in [6.07, 6.45) is 6.23. The molecule has 33 heavy (non-hydrogen) atoms. The second-order valence-corrected chi connectivity index (χ2v) is 8.49. The minimum atomic E-state index is -0.315. The molecule has 0 saturated carbocycles. The van der Waals surface area contributed by atoms with Crippen molar-refractivity contribution in [3.05, 3.63) is 72.3 Å². The van der Waals surface area contributed by atoms with E-state index in [1.54, 1.807) is 30.3 Å². The monoisotopic (exact) mass is 447 g/mol. The minimum absolute atomic E-state index is 0.0894. The summed E-state index contributed by atoms with van der Waals surface area (Å²) in [6.45, 7) is 5.12. The van der Waals surface area contributed by atoms with E-state index in [1.165, 1.54) is 37.7 Å². The van der Waals surface area contributed by atoms with Gasteiger partial charge in [0.25, 0.3) is 5.91 Å². The Labute approximate surface area is 194 Å². The number of carbonyl (C=O) groups excluding carboxylic acids is 1. The molecule has 0 bridgehead atoms. The van der Waals surface area contributed by atoms with Crippen molar-refractivity contribution in [1.82, 2.24) is 20.2 Å².